The van der Waals surface area contributed by atoms with Crippen molar-refractivity contribution in [2.75, 3.05) is 18.8 Å². The molecule has 3 rings (SSSR count). The molecular formula is C23H31N3O. The van der Waals surface area contributed by atoms with Gasteiger partial charge in [0.25, 0.3) is 0 Å². The minimum atomic E-state index is 0.0279. The van der Waals surface area contributed by atoms with E-state index in [2.05, 4.69) is 48.3 Å². The van der Waals surface area contributed by atoms with E-state index >= 15 is 0 Å². The molecule has 2 aromatic rings. The van der Waals surface area contributed by atoms with Crippen LogP contribution in [0.1, 0.15) is 37.0 Å². The molecule has 0 radical (unpaired) electrons. The van der Waals surface area contributed by atoms with Gasteiger partial charge in [0.15, 0.2) is 0 Å². The maximum absolute atomic E-state index is 12.1. The third-order valence-electron chi connectivity index (χ3n) is 5.21. The van der Waals surface area contributed by atoms with Crippen molar-refractivity contribution in [1.29, 1.82) is 0 Å². The lowest BCUT2D eigenvalue weighted by atomic mass is 9.91. The van der Waals surface area contributed by atoms with E-state index in [9.17, 15) is 4.79 Å². The number of likely N-dealkylation sites (tertiary alicyclic amines) is 1. The van der Waals surface area contributed by atoms with E-state index < -0.39 is 0 Å². The van der Waals surface area contributed by atoms with Gasteiger partial charge >= 0.3 is 0 Å². The third-order valence-corrected chi connectivity index (χ3v) is 5.21. The maximum Gasteiger partial charge on any atom is 0.224 e. The normalized spacial score (nSPS) is 20.4. The van der Waals surface area contributed by atoms with Gasteiger partial charge in [0.2, 0.25) is 5.91 Å². The van der Waals surface area contributed by atoms with Crippen LogP contribution in [0.3, 0.4) is 0 Å². The Hall–Kier alpha value is -2.33. The number of anilines is 1. The highest BCUT2D eigenvalue weighted by Crippen LogP contribution is 2.22. The van der Waals surface area contributed by atoms with E-state index in [0.29, 0.717) is 18.7 Å². The zero-order valence-electron chi connectivity index (χ0n) is 16.4. The van der Waals surface area contributed by atoms with Gasteiger partial charge in [-0.3, -0.25) is 9.69 Å². The number of hydrogen-bond acceptors (Lipinski definition) is 3. The highest BCUT2D eigenvalue weighted by Gasteiger charge is 2.21. The summed E-state index contributed by atoms with van der Waals surface area (Å²) >= 11 is 0. The molecule has 2 aromatic carbocycles. The molecule has 2 atom stereocenters. The number of nitrogen functional groups attached to an aromatic ring is 1. The first-order chi connectivity index (χ1) is 13.0. The average molecular weight is 366 g/mol. The van der Waals surface area contributed by atoms with Crippen LogP contribution in [0, 0.1) is 11.8 Å². The van der Waals surface area contributed by atoms with E-state index in [0.717, 1.165) is 29.5 Å². The van der Waals surface area contributed by atoms with Crippen LogP contribution in [-0.4, -0.2) is 23.9 Å². The smallest absolute Gasteiger partial charge is 0.224 e. The predicted molar refractivity (Wildman–Crippen MR) is 111 cm³/mol. The molecule has 1 heterocycles. The number of carbonyl (C=O) groups is 1. The van der Waals surface area contributed by atoms with Crippen LogP contribution in [0.25, 0.3) is 0 Å². The minimum absolute atomic E-state index is 0.0279. The molecule has 1 fully saturated rings. The molecular weight excluding hydrogens is 334 g/mol. The van der Waals surface area contributed by atoms with E-state index in [-0.39, 0.29) is 5.91 Å². The lowest BCUT2D eigenvalue weighted by Gasteiger charge is -2.35. The summed E-state index contributed by atoms with van der Waals surface area (Å²) < 4.78 is 0. The fraction of sp³-hybridized carbons (Fsp3) is 0.435. The SMILES string of the molecule is CC1CC(C)CN(Cc2ccc(CNC(=O)Cc3ccc(N)cc3)cc2)C1. The molecule has 1 aliphatic heterocycles. The highest BCUT2D eigenvalue weighted by molar-refractivity contribution is 5.78. The van der Waals surface area contributed by atoms with Crippen molar-refractivity contribution in [3.8, 4) is 0 Å². The molecule has 0 aromatic heterocycles. The summed E-state index contributed by atoms with van der Waals surface area (Å²) in [6, 6.07) is 16.1. The summed E-state index contributed by atoms with van der Waals surface area (Å²) in [5.74, 6) is 1.59. The zero-order chi connectivity index (χ0) is 19.2. The molecule has 27 heavy (non-hydrogen) atoms. The van der Waals surface area contributed by atoms with Crippen LogP contribution < -0.4 is 11.1 Å². The van der Waals surface area contributed by atoms with Crippen LogP contribution in [0.2, 0.25) is 0 Å². The van der Waals surface area contributed by atoms with E-state index in [1.54, 1.807) is 0 Å². The molecule has 4 heteroatoms. The Kier molecular flexibility index (Phi) is 6.51. The van der Waals surface area contributed by atoms with E-state index in [1.165, 1.54) is 25.1 Å². The fourth-order valence-electron chi connectivity index (χ4n) is 4.03. The van der Waals surface area contributed by atoms with E-state index in [1.807, 2.05) is 24.3 Å². The van der Waals surface area contributed by atoms with Gasteiger partial charge in [0.1, 0.15) is 0 Å². The summed E-state index contributed by atoms with van der Waals surface area (Å²) in [7, 11) is 0. The van der Waals surface area contributed by atoms with Gasteiger partial charge in [-0.1, -0.05) is 50.2 Å². The van der Waals surface area contributed by atoms with Crippen molar-refractivity contribution in [2.45, 2.75) is 39.8 Å². The number of carbonyl (C=O) groups excluding carboxylic acids is 1. The number of nitrogens with zero attached hydrogens (tertiary/aromatic N) is 1. The van der Waals surface area contributed by atoms with Crippen LogP contribution in [0.5, 0.6) is 0 Å². The molecule has 1 saturated heterocycles. The first-order valence-electron chi connectivity index (χ1n) is 9.89. The monoisotopic (exact) mass is 365 g/mol. The lowest BCUT2D eigenvalue weighted by Crippen LogP contribution is -2.38. The number of nitrogens with two attached hydrogens (primary N) is 1. The lowest BCUT2D eigenvalue weighted by molar-refractivity contribution is -0.120. The molecule has 3 N–H and O–H groups in total. The molecule has 2 unspecified atom stereocenters. The Morgan fingerprint density at radius 1 is 0.963 bits per heavy atom. The van der Waals surface area contributed by atoms with Gasteiger partial charge in [-0.25, -0.2) is 0 Å². The molecule has 0 aliphatic carbocycles. The molecule has 0 spiro atoms. The number of rotatable bonds is 6. The zero-order valence-corrected chi connectivity index (χ0v) is 16.4. The van der Waals surface area contributed by atoms with Gasteiger partial charge in [0, 0.05) is 31.9 Å². The first-order valence-corrected chi connectivity index (χ1v) is 9.89. The Balaban J connectivity index is 1.46. The van der Waals surface area contributed by atoms with Gasteiger partial charge in [-0.2, -0.15) is 0 Å². The topological polar surface area (TPSA) is 58.4 Å². The summed E-state index contributed by atoms with van der Waals surface area (Å²) in [4.78, 5) is 14.7. The molecule has 4 nitrogen and oxygen atoms in total. The molecule has 0 bridgehead atoms. The Morgan fingerprint density at radius 3 is 2.15 bits per heavy atom. The van der Waals surface area contributed by atoms with Crippen molar-refractivity contribution in [3.05, 3.63) is 65.2 Å². The average Bonchev–Trinajstić information content (AvgIpc) is 2.62. The summed E-state index contributed by atoms with van der Waals surface area (Å²) in [5.41, 5.74) is 9.83. The van der Waals surface area contributed by atoms with Crippen LogP contribution in [0.15, 0.2) is 48.5 Å². The van der Waals surface area contributed by atoms with Gasteiger partial charge in [0.05, 0.1) is 6.42 Å². The Labute approximate surface area is 162 Å². The van der Waals surface area contributed by atoms with Crippen molar-refractivity contribution < 1.29 is 4.79 Å². The quantitative estimate of drug-likeness (QED) is 0.769. The largest absolute Gasteiger partial charge is 0.399 e. The van der Waals surface area contributed by atoms with Crippen LogP contribution >= 0.6 is 0 Å². The first kappa shape index (κ1) is 19.4. The third kappa shape index (κ3) is 6.10. The van der Waals surface area contributed by atoms with Gasteiger partial charge < -0.3 is 11.1 Å². The second-order valence-electron chi connectivity index (χ2n) is 8.15. The number of piperidine rings is 1. The van der Waals surface area contributed by atoms with Gasteiger partial charge in [-0.15, -0.1) is 0 Å². The van der Waals surface area contributed by atoms with Crippen molar-refractivity contribution >= 4 is 11.6 Å². The Bertz CT molecular complexity index is 729. The maximum atomic E-state index is 12.1. The van der Waals surface area contributed by atoms with Crippen molar-refractivity contribution in [3.63, 3.8) is 0 Å². The van der Waals surface area contributed by atoms with Crippen molar-refractivity contribution in [2.24, 2.45) is 11.8 Å². The van der Waals surface area contributed by atoms with Crippen molar-refractivity contribution in [1.82, 2.24) is 10.2 Å². The predicted octanol–water partition coefficient (Wildman–Crippen LogP) is 3.61. The number of amides is 1. The fourth-order valence-corrected chi connectivity index (χ4v) is 4.03. The van der Waals surface area contributed by atoms with E-state index in [4.69, 9.17) is 5.73 Å². The van der Waals surface area contributed by atoms with Crippen LogP contribution in [-0.2, 0) is 24.3 Å². The summed E-state index contributed by atoms with van der Waals surface area (Å²) in [6.45, 7) is 8.64. The second-order valence-corrected chi connectivity index (χ2v) is 8.15. The molecule has 1 amide bonds. The highest BCUT2D eigenvalue weighted by atomic mass is 16.1. The number of hydrogen-bond donors (Lipinski definition) is 2. The summed E-state index contributed by atoms with van der Waals surface area (Å²) in [6.07, 6.45) is 1.72. The van der Waals surface area contributed by atoms with Gasteiger partial charge in [-0.05, 0) is 47.1 Å². The number of nitrogens with one attached hydrogen (secondary N) is 1. The summed E-state index contributed by atoms with van der Waals surface area (Å²) in [5, 5.41) is 2.99. The van der Waals surface area contributed by atoms with Crippen LogP contribution in [0.4, 0.5) is 5.69 Å². The molecule has 144 valence electrons. The number of benzene rings is 2. The second kappa shape index (κ2) is 9.05. The standard InChI is InChI=1S/C23H31N3O/c1-17-11-18(2)15-26(14-17)16-21-5-3-20(4-6-21)13-25-23(27)12-19-7-9-22(24)10-8-19/h3-10,17-18H,11-16,24H2,1-2H3,(H,25,27). The molecule has 1 aliphatic rings. The minimum Gasteiger partial charge on any atom is -0.399 e. The Morgan fingerprint density at radius 2 is 1.52 bits per heavy atom. The molecule has 0 saturated carbocycles.